The summed E-state index contributed by atoms with van der Waals surface area (Å²) in [6.07, 6.45) is 0. The summed E-state index contributed by atoms with van der Waals surface area (Å²) < 4.78 is 39.7. The Morgan fingerprint density at radius 2 is 1.61 bits per heavy atom. The average Bonchev–Trinajstić information content (AvgIpc) is 2.69. The molecule has 0 unspecified atom stereocenters. The van der Waals surface area contributed by atoms with Gasteiger partial charge in [0, 0.05) is 18.3 Å². The topological polar surface area (TPSA) is 66.5 Å². The molecule has 1 amide bonds. The normalized spacial score (nSPS) is 11.1. The lowest BCUT2D eigenvalue weighted by molar-refractivity contribution is 0.102. The molecule has 0 aliphatic carbocycles. The van der Waals surface area contributed by atoms with Gasteiger partial charge in [0.2, 0.25) is 0 Å². The number of aryl methyl sites for hydroxylation is 1. The summed E-state index contributed by atoms with van der Waals surface area (Å²) in [5.74, 6) is -0.754. The number of sulfonamides is 1. The lowest BCUT2D eigenvalue weighted by Gasteiger charge is -2.22. The first-order chi connectivity index (χ1) is 13.3. The smallest absolute Gasteiger partial charge is 0.264 e. The first-order valence-electron chi connectivity index (χ1n) is 8.50. The van der Waals surface area contributed by atoms with E-state index in [9.17, 15) is 17.6 Å². The molecule has 0 heterocycles. The molecule has 3 aromatic rings. The molecule has 144 valence electrons. The third-order valence-corrected chi connectivity index (χ3v) is 6.09. The largest absolute Gasteiger partial charge is 0.322 e. The van der Waals surface area contributed by atoms with Crippen LogP contribution in [-0.4, -0.2) is 21.4 Å². The molecule has 0 saturated carbocycles. The number of carbonyl (C=O) groups is 1. The number of halogens is 1. The van der Waals surface area contributed by atoms with Gasteiger partial charge >= 0.3 is 0 Å². The summed E-state index contributed by atoms with van der Waals surface area (Å²) in [6.45, 7) is 1.74. The van der Waals surface area contributed by atoms with E-state index in [2.05, 4.69) is 5.32 Å². The number of anilines is 2. The lowest BCUT2D eigenvalue weighted by Crippen LogP contribution is -2.27. The van der Waals surface area contributed by atoms with Crippen LogP contribution in [0, 0.1) is 12.7 Å². The standard InChI is InChI=1S/C21H19FN2O3S/c1-15-14-16(21(25)23-18-11-9-17(22)10-12-18)8-13-20(15)24(2)28(26,27)19-6-4-3-5-7-19/h3-14H,1-2H3,(H,23,25). The SMILES string of the molecule is Cc1cc(C(=O)Nc2ccc(F)cc2)ccc1N(C)S(=O)(=O)c1ccccc1. The predicted octanol–water partition coefficient (Wildman–Crippen LogP) is 4.21. The number of nitrogens with zero attached hydrogens (tertiary/aromatic N) is 1. The van der Waals surface area contributed by atoms with Crippen molar-refractivity contribution in [3.63, 3.8) is 0 Å². The highest BCUT2D eigenvalue weighted by molar-refractivity contribution is 7.92. The number of hydrogen-bond donors (Lipinski definition) is 1. The molecule has 3 aromatic carbocycles. The number of benzene rings is 3. The minimum absolute atomic E-state index is 0.190. The number of amides is 1. The van der Waals surface area contributed by atoms with Gasteiger partial charge in [-0.15, -0.1) is 0 Å². The highest BCUT2D eigenvalue weighted by Gasteiger charge is 2.22. The van der Waals surface area contributed by atoms with E-state index in [1.54, 1.807) is 43.3 Å². The molecule has 0 spiro atoms. The van der Waals surface area contributed by atoms with Crippen molar-refractivity contribution in [1.82, 2.24) is 0 Å². The molecule has 5 nitrogen and oxygen atoms in total. The van der Waals surface area contributed by atoms with Gasteiger partial charge in [0.05, 0.1) is 10.6 Å². The summed E-state index contributed by atoms with van der Waals surface area (Å²) in [6, 6.07) is 18.4. The highest BCUT2D eigenvalue weighted by Crippen LogP contribution is 2.26. The van der Waals surface area contributed by atoms with Crippen LogP contribution in [0.25, 0.3) is 0 Å². The second-order valence-electron chi connectivity index (χ2n) is 6.25. The van der Waals surface area contributed by atoms with E-state index in [0.717, 1.165) is 0 Å². The second-order valence-corrected chi connectivity index (χ2v) is 8.22. The fourth-order valence-electron chi connectivity index (χ4n) is 2.77. The summed E-state index contributed by atoms with van der Waals surface area (Å²) in [5, 5.41) is 2.68. The Morgan fingerprint density at radius 1 is 0.964 bits per heavy atom. The number of rotatable bonds is 5. The Labute approximate surface area is 163 Å². The third kappa shape index (κ3) is 4.04. The first-order valence-corrected chi connectivity index (χ1v) is 9.94. The van der Waals surface area contributed by atoms with Crippen LogP contribution < -0.4 is 9.62 Å². The quantitative estimate of drug-likeness (QED) is 0.700. The van der Waals surface area contributed by atoms with Gasteiger partial charge in [-0.1, -0.05) is 18.2 Å². The molecule has 0 saturated heterocycles. The van der Waals surface area contributed by atoms with Gasteiger partial charge in [0.15, 0.2) is 0 Å². The summed E-state index contributed by atoms with van der Waals surface area (Å²) in [7, 11) is -2.23. The van der Waals surface area contributed by atoms with Crippen LogP contribution in [-0.2, 0) is 10.0 Å². The van der Waals surface area contributed by atoms with Crippen LogP contribution in [0.15, 0.2) is 77.7 Å². The van der Waals surface area contributed by atoms with E-state index in [4.69, 9.17) is 0 Å². The molecule has 0 aliphatic heterocycles. The number of nitrogens with one attached hydrogen (secondary N) is 1. The summed E-state index contributed by atoms with van der Waals surface area (Å²) in [4.78, 5) is 12.6. The summed E-state index contributed by atoms with van der Waals surface area (Å²) >= 11 is 0. The number of carbonyl (C=O) groups excluding carboxylic acids is 1. The van der Waals surface area contributed by atoms with Crippen LogP contribution in [0.1, 0.15) is 15.9 Å². The highest BCUT2D eigenvalue weighted by atomic mass is 32.2. The molecule has 7 heteroatoms. The van der Waals surface area contributed by atoms with Crippen LogP contribution in [0.2, 0.25) is 0 Å². The van der Waals surface area contributed by atoms with Gasteiger partial charge in [0.1, 0.15) is 5.82 Å². The molecule has 0 aliphatic rings. The van der Waals surface area contributed by atoms with Gasteiger partial charge in [-0.3, -0.25) is 9.10 Å². The molecule has 0 bridgehead atoms. The van der Waals surface area contributed by atoms with Crippen molar-refractivity contribution in [3.8, 4) is 0 Å². The maximum Gasteiger partial charge on any atom is 0.264 e. The van der Waals surface area contributed by atoms with Crippen LogP contribution in [0.5, 0.6) is 0 Å². The Kier molecular flexibility index (Phi) is 5.46. The molecule has 0 radical (unpaired) electrons. The molecule has 1 N–H and O–H groups in total. The maximum absolute atomic E-state index is 13.0. The fourth-order valence-corrected chi connectivity index (χ4v) is 4.05. The number of hydrogen-bond acceptors (Lipinski definition) is 3. The van der Waals surface area contributed by atoms with Crippen molar-refractivity contribution in [2.45, 2.75) is 11.8 Å². The Bertz CT molecular complexity index is 1100. The fraction of sp³-hybridized carbons (Fsp3) is 0.0952. The van der Waals surface area contributed by atoms with Crippen molar-refractivity contribution in [1.29, 1.82) is 0 Å². The van der Waals surface area contributed by atoms with Gasteiger partial charge in [-0.2, -0.15) is 0 Å². The molecule has 0 aromatic heterocycles. The van der Waals surface area contributed by atoms with E-state index >= 15 is 0 Å². The van der Waals surface area contributed by atoms with Gasteiger partial charge in [-0.05, 0) is 67.1 Å². The van der Waals surface area contributed by atoms with Crippen LogP contribution >= 0.6 is 0 Å². The van der Waals surface area contributed by atoms with E-state index in [0.29, 0.717) is 22.5 Å². The predicted molar refractivity (Wildman–Crippen MR) is 108 cm³/mol. The van der Waals surface area contributed by atoms with Crippen molar-refractivity contribution < 1.29 is 17.6 Å². The molecular formula is C21H19FN2O3S. The van der Waals surface area contributed by atoms with Crippen LogP contribution in [0.4, 0.5) is 15.8 Å². The zero-order valence-corrected chi connectivity index (χ0v) is 16.2. The minimum Gasteiger partial charge on any atom is -0.322 e. The maximum atomic E-state index is 13.0. The monoisotopic (exact) mass is 398 g/mol. The zero-order valence-electron chi connectivity index (χ0n) is 15.4. The van der Waals surface area contributed by atoms with E-state index in [1.165, 1.54) is 47.8 Å². The van der Waals surface area contributed by atoms with Gasteiger partial charge < -0.3 is 5.32 Å². The first kappa shape index (κ1) is 19.6. The Balaban J connectivity index is 1.84. The molecular weight excluding hydrogens is 379 g/mol. The summed E-state index contributed by atoms with van der Waals surface area (Å²) in [5.41, 5.74) is 1.95. The molecule has 0 atom stereocenters. The average molecular weight is 398 g/mol. The molecule has 3 rings (SSSR count). The lowest BCUT2D eigenvalue weighted by atomic mass is 10.1. The van der Waals surface area contributed by atoms with Crippen molar-refractivity contribution in [2.75, 3.05) is 16.7 Å². The van der Waals surface area contributed by atoms with Crippen molar-refractivity contribution in [3.05, 3.63) is 89.7 Å². The molecule has 0 fully saturated rings. The second kappa shape index (κ2) is 7.82. The van der Waals surface area contributed by atoms with Gasteiger partial charge in [0.25, 0.3) is 15.9 Å². The molecule has 28 heavy (non-hydrogen) atoms. The van der Waals surface area contributed by atoms with Crippen LogP contribution in [0.3, 0.4) is 0 Å². The Hall–Kier alpha value is -3.19. The Morgan fingerprint density at radius 3 is 2.21 bits per heavy atom. The minimum atomic E-state index is -3.70. The zero-order chi connectivity index (χ0) is 20.3. The van der Waals surface area contributed by atoms with Gasteiger partial charge in [-0.25, -0.2) is 12.8 Å². The third-order valence-electron chi connectivity index (χ3n) is 4.30. The van der Waals surface area contributed by atoms with Crippen molar-refractivity contribution >= 4 is 27.3 Å². The van der Waals surface area contributed by atoms with Crippen molar-refractivity contribution in [2.24, 2.45) is 0 Å². The van der Waals surface area contributed by atoms with E-state index in [1.807, 2.05) is 0 Å². The van der Waals surface area contributed by atoms with E-state index < -0.39 is 10.0 Å². The van der Waals surface area contributed by atoms with E-state index in [-0.39, 0.29) is 16.6 Å².